The molecule has 2 fully saturated rings. The average Bonchev–Trinajstić information content (AvgIpc) is 2.56. The maximum Gasteiger partial charge on any atom is 0.243 e. The third-order valence-corrected chi connectivity index (χ3v) is 6.69. The lowest BCUT2D eigenvalue weighted by Crippen LogP contribution is -2.44. The minimum atomic E-state index is -3.41. The summed E-state index contributed by atoms with van der Waals surface area (Å²) in [6.45, 7) is 5.04. The molecule has 2 N–H and O–H groups in total. The zero-order valence-corrected chi connectivity index (χ0v) is 15.8. The van der Waals surface area contributed by atoms with Gasteiger partial charge < -0.3 is 15.5 Å². The second kappa shape index (κ2) is 7.91. The maximum absolute atomic E-state index is 12.7. The molecule has 0 aromatic heterocycles. The van der Waals surface area contributed by atoms with Gasteiger partial charge in [-0.1, -0.05) is 6.42 Å². The number of benzene rings is 1. The minimum absolute atomic E-state index is 0. The van der Waals surface area contributed by atoms with Gasteiger partial charge in [0.25, 0.3) is 0 Å². The van der Waals surface area contributed by atoms with Crippen LogP contribution in [0.2, 0.25) is 0 Å². The van der Waals surface area contributed by atoms with Crippen molar-refractivity contribution in [2.75, 3.05) is 56.9 Å². The molecule has 0 aliphatic carbocycles. The molecule has 0 amide bonds. The van der Waals surface area contributed by atoms with Crippen molar-refractivity contribution >= 4 is 33.8 Å². The summed E-state index contributed by atoms with van der Waals surface area (Å²) >= 11 is 0. The molecule has 6 nitrogen and oxygen atoms in total. The van der Waals surface area contributed by atoms with Gasteiger partial charge in [-0.25, -0.2) is 8.42 Å². The Morgan fingerprint density at radius 2 is 1.58 bits per heavy atom. The van der Waals surface area contributed by atoms with Crippen molar-refractivity contribution < 1.29 is 8.42 Å². The lowest BCUT2D eigenvalue weighted by atomic mass is 10.2. The van der Waals surface area contributed by atoms with Crippen LogP contribution in [0.5, 0.6) is 0 Å². The molecule has 2 heterocycles. The van der Waals surface area contributed by atoms with E-state index in [0.29, 0.717) is 23.7 Å². The fourth-order valence-electron chi connectivity index (χ4n) is 3.28. The van der Waals surface area contributed by atoms with Crippen molar-refractivity contribution in [1.82, 2.24) is 9.21 Å². The fraction of sp³-hybridized carbons (Fsp3) is 0.625. The third-order valence-electron chi connectivity index (χ3n) is 4.80. The molecule has 0 bridgehead atoms. The van der Waals surface area contributed by atoms with E-state index >= 15 is 0 Å². The molecular formula is C16H27ClN4O2S. The molecule has 136 valence electrons. The quantitative estimate of drug-likeness (QED) is 0.814. The molecule has 8 heteroatoms. The Morgan fingerprint density at radius 3 is 2.17 bits per heavy atom. The summed E-state index contributed by atoms with van der Waals surface area (Å²) in [4.78, 5) is 4.82. The highest BCUT2D eigenvalue weighted by Crippen LogP contribution is 2.29. The highest BCUT2D eigenvalue weighted by molar-refractivity contribution is 7.89. The minimum Gasteiger partial charge on any atom is -0.397 e. The van der Waals surface area contributed by atoms with Gasteiger partial charge in [0.2, 0.25) is 10.0 Å². The first-order valence-corrected chi connectivity index (χ1v) is 9.75. The van der Waals surface area contributed by atoms with Crippen LogP contribution in [-0.2, 0) is 10.0 Å². The van der Waals surface area contributed by atoms with Crippen LogP contribution in [0.15, 0.2) is 23.1 Å². The maximum atomic E-state index is 12.7. The van der Waals surface area contributed by atoms with Crippen LogP contribution < -0.4 is 10.6 Å². The lowest BCUT2D eigenvalue weighted by molar-refractivity contribution is 0.313. The van der Waals surface area contributed by atoms with Crippen LogP contribution in [0.3, 0.4) is 0 Å². The molecule has 2 aliphatic rings. The summed E-state index contributed by atoms with van der Waals surface area (Å²) in [7, 11) is -1.31. The summed E-state index contributed by atoms with van der Waals surface area (Å²) in [6, 6.07) is 5.18. The van der Waals surface area contributed by atoms with Crippen molar-refractivity contribution in [1.29, 1.82) is 0 Å². The number of anilines is 2. The molecule has 0 saturated carbocycles. The number of likely N-dealkylation sites (N-methyl/N-ethyl adjacent to an activating group) is 1. The number of hydrogen-bond donors (Lipinski definition) is 1. The molecule has 1 aromatic carbocycles. The molecule has 24 heavy (non-hydrogen) atoms. The molecule has 1 aromatic rings. The Morgan fingerprint density at radius 1 is 0.958 bits per heavy atom. The first-order chi connectivity index (χ1) is 11.0. The molecular weight excluding hydrogens is 348 g/mol. The number of nitrogens with zero attached hydrogens (tertiary/aromatic N) is 3. The van der Waals surface area contributed by atoms with Crippen molar-refractivity contribution in [3.63, 3.8) is 0 Å². The molecule has 3 rings (SSSR count). The Bertz CT molecular complexity index is 654. The molecule has 0 unspecified atom stereocenters. The van der Waals surface area contributed by atoms with Gasteiger partial charge >= 0.3 is 0 Å². The van der Waals surface area contributed by atoms with Gasteiger partial charge in [0.15, 0.2) is 0 Å². The van der Waals surface area contributed by atoms with E-state index in [0.717, 1.165) is 51.1 Å². The van der Waals surface area contributed by atoms with E-state index < -0.39 is 10.0 Å². The Balaban J connectivity index is 0.00000208. The monoisotopic (exact) mass is 374 g/mol. The average molecular weight is 375 g/mol. The van der Waals surface area contributed by atoms with Crippen molar-refractivity contribution in [3.05, 3.63) is 18.2 Å². The largest absolute Gasteiger partial charge is 0.397 e. The molecule has 0 atom stereocenters. The zero-order chi connectivity index (χ0) is 16.4. The highest BCUT2D eigenvalue weighted by Gasteiger charge is 2.27. The molecule has 2 saturated heterocycles. The van der Waals surface area contributed by atoms with Crippen LogP contribution in [0.1, 0.15) is 19.3 Å². The zero-order valence-electron chi connectivity index (χ0n) is 14.1. The third kappa shape index (κ3) is 3.96. The molecule has 0 spiro atoms. The van der Waals surface area contributed by atoms with E-state index in [1.807, 2.05) is 6.07 Å². The van der Waals surface area contributed by atoms with Gasteiger partial charge in [-0.3, -0.25) is 0 Å². The standard InChI is InChI=1S/C16H26N4O2S.ClH/c1-18-9-11-19(12-10-18)16-6-5-14(13-15(16)17)23(21,22)20-7-3-2-4-8-20;/h5-6,13H,2-4,7-12,17H2,1H3;1H. The van der Waals surface area contributed by atoms with E-state index in [1.54, 1.807) is 16.4 Å². The first-order valence-electron chi connectivity index (χ1n) is 8.31. The van der Waals surface area contributed by atoms with Crippen LogP contribution in [-0.4, -0.2) is 63.9 Å². The van der Waals surface area contributed by atoms with Crippen molar-refractivity contribution in [2.24, 2.45) is 0 Å². The number of hydrogen-bond acceptors (Lipinski definition) is 5. The number of piperidine rings is 1. The predicted molar refractivity (Wildman–Crippen MR) is 100 cm³/mol. The Labute approximate surface area is 151 Å². The van der Waals surface area contributed by atoms with Gasteiger partial charge in [-0.15, -0.1) is 12.4 Å². The van der Waals surface area contributed by atoms with Gasteiger partial charge in [-0.2, -0.15) is 4.31 Å². The Kier molecular flexibility index (Phi) is 6.36. The first kappa shape index (κ1) is 19.3. The summed E-state index contributed by atoms with van der Waals surface area (Å²) < 4.78 is 27.0. The predicted octanol–water partition coefficient (Wildman–Crippen LogP) is 1.62. The van der Waals surface area contributed by atoms with Crippen LogP contribution in [0, 0.1) is 0 Å². The second-order valence-corrected chi connectivity index (χ2v) is 8.41. The summed E-state index contributed by atoms with van der Waals surface area (Å²) in [5.41, 5.74) is 7.66. The summed E-state index contributed by atoms with van der Waals surface area (Å²) in [5.74, 6) is 0. The van der Waals surface area contributed by atoms with Crippen LogP contribution >= 0.6 is 12.4 Å². The second-order valence-electron chi connectivity index (χ2n) is 6.48. The van der Waals surface area contributed by atoms with Gasteiger partial charge in [0.1, 0.15) is 0 Å². The normalized spacial score (nSPS) is 20.6. The number of nitrogen functional groups attached to an aromatic ring is 1. The number of sulfonamides is 1. The van der Waals surface area contributed by atoms with E-state index in [-0.39, 0.29) is 12.4 Å². The van der Waals surface area contributed by atoms with Gasteiger partial charge in [-0.05, 0) is 38.1 Å². The van der Waals surface area contributed by atoms with E-state index in [4.69, 9.17) is 5.73 Å². The summed E-state index contributed by atoms with van der Waals surface area (Å²) in [5, 5.41) is 0. The van der Waals surface area contributed by atoms with Crippen LogP contribution in [0.4, 0.5) is 11.4 Å². The van der Waals surface area contributed by atoms with Crippen molar-refractivity contribution in [2.45, 2.75) is 24.2 Å². The number of halogens is 1. The Hall–Kier alpha value is -1.02. The van der Waals surface area contributed by atoms with Gasteiger partial charge in [0, 0.05) is 39.3 Å². The number of piperazine rings is 1. The topological polar surface area (TPSA) is 69.9 Å². The molecule has 0 radical (unpaired) electrons. The summed E-state index contributed by atoms with van der Waals surface area (Å²) in [6.07, 6.45) is 2.98. The molecule has 2 aliphatic heterocycles. The fourth-order valence-corrected chi connectivity index (χ4v) is 4.84. The SMILES string of the molecule is CN1CCN(c2ccc(S(=O)(=O)N3CCCCC3)cc2N)CC1.Cl. The lowest BCUT2D eigenvalue weighted by Gasteiger charge is -2.35. The van der Waals surface area contributed by atoms with Gasteiger partial charge in [0.05, 0.1) is 16.3 Å². The van der Waals surface area contributed by atoms with E-state index in [9.17, 15) is 8.42 Å². The number of nitrogens with two attached hydrogens (primary N) is 1. The van der Waals surface area contributed by atoms with E-state index in [1.165, 1.54) is 0 Å². The smallest absolute Gasteiger partial charge is 0.243 e. The van der Waals surface area contributed by atoms with Crippen molar-refractivity contribution in [3.8, 4) is 0 Å². The number of rotatable bonds is 3. The van der Waals surface area contributed by atoms with E-state index in [2.05, 4.69) is 16.8 Å². The highest BCUT2D eigenvalue weighted by atomic mass is 35.5. The van der Waals surface area contributed by atoms with Crippen LogP contribution in [0.25, 0.3) is 0 Å².